The van der Waals surface area contributed by atoms with E-state index in [2.05, 4.69) is 10.2 Å². The summed E-state index contributed by atoms with van der Waals surface area (Å²) in [7, 11) is 1.74. The third-order valence-electron chi connectivity index (χ3n) is 4.69. The van der Waals surface area contributed by atoms with Crippen LogP contribution in [0.25, 0.3) is 11.1 Å². The largest absolute Gasteiger partial charge is 0.457 e. The van der Waals surface area contributed by atoms with Gasteiger partial charge in [-0.1, -0.05) is 54.6 Å². The number of hydrogen-bond acceptors (Lipinski definition) is 7. The zero-order valence-corrected chi connectivity index (χ0v) is 17.9. The van der Waals surface area contributed by atoms with E-state index in [-0.39, 0.29) is 17.9 Å². The van der Waals surface area contributed by atoms with Gasteiger partial charge in [-0.15, -0.1) is 10.2 Å². The Morgan fingerprint density at radius 3 is 2.44 bits per heavy atom. The molecule has 0 saturated carbocycles. The van der Waals surface area contributed by atoms with Crippen LogP contribution in [0.4, 0.5) is 5.69 Å². The molecule has 4 rings (SSSR count). The summed E-state index contributed by atoms with van der Waals surface area (Å²) in [6.07, 6.45) is 1.51. The number of rotatable bonds is 7. The maximum Gasteiger partial charge on any atom is 0.338 e. The fourth-order valence-electron chi connectivity index (χ4n) is 2.99. The first-order valence-corrected chi connectivity index (χ1v) is 10.4. The molecule has 4 aromatic rings. The fraction of sp³-hybridized carbons (Fsp3) is 0.0870. The van der Waals surface area contributed by atoms with Crippen LogP contribution in [0.2, 0.25) is 0 Å². The second-order valence-electron chi connectivity index (χ2n) is 6.91. The third-order valence-corrected chi connectivity index (χ3v) is 5.81. The van der Waals surface area contributed by atoms with Gasteiger partial charge in [-0.25, -0.2) is 4.79 Å². The van der Waals surface area contributed by atoms with Crippen molar-refractivity contribution in [2.45, 2.75) is 16.7 Å². The first-order valence-electron chi connectivity index (χ1n) is 9.63. The maximum atomic E-state index is 12.5. The highest BCUT2D eigenvalue weighted by Gasteiger charge is 2.20. The normalized spacial score (nSPS) is 10.7. The molecule has 0 spiro atoms. The van der Waals surface area contributed by atoms with Crippen molar-refractivity contribution in [3.05, 3.63) is 100 Å². The first kappa shape index (κ1) is 21.3. The number of carbonyl (C=O) groups excluding carboxylic acids is 1. The molecule has 1 aromatic heterocycles. The Bertz CT molecular complexity index is 1260. The van der Waals surface area contributed by atoms with Gasteiger partial charge in [0, 0.05) is 13.1 Å². The van der Waals surface area contributed by atoms with Crippen LogP contribution in [0, 0.1) is 10.1 Å². The van der Waals surface area contributed by atoms with Crippen molar-refractivity contribution in [3.8, 4) is 11.1 Å². The van der Waals surface area contributed by atoms with Crippen molar-refractivity contribution in [2.24, 2.45) is 7.05 Å². The summed E-state index contributed by atoms with van der Waals surface area (Å²) in [5.41, 5.74) is 2.90. The molecule has 0 saturated heterocycles. The molecule has 32 heavy (non-hydrogen) atoms. The Kier molecular flexibility index (Phi) is 6.27. The van der Waals surface area contributed by atoms with Gasteiger partial charge in [0.15, 0.2) is 5.16 Å². The monoisotopic (exact) mass is 446 g/mol. The smallest absolute Gasteiger partial charge is 0.338 e. The molecule has 0 aliphatic rings. The summed E-state index contributed by atoms with van der Waals surface area (Å²) in [6.45, 7) is 0.0666. The average molecular weight is 446 g/mol. The number of esters is 1. The molecule has 0 fully saturated rings. The molecular weight excluding hydrogens is 428 g/mol. The number of carbonyl (C=O) groups is 1. The van der Waals surface area contributed by atoms with Crippen molar-refractivity contribution in [1.29, 1.82) is 0 Å². The number of hydrogen-bond donors (Lipinski definition) is 0. The molecule has 8 nitrogen and oxygen atoms in total. The van der Waals surface area contributed by atoms with E-state index in [1.54, 1.807) is 11.6 Å². The number of ether oxygens (including phenoxy) is 1. The number of nitro groups is 1. The lowest BCUT2D eigenvalue weighted by Gasteiger charge is -2.08. The zero-order valence-electron chi connectivity index (χ0n) is 17.0. The second-order valence-corrected chi connectivity index (χ2v) is 7.91. The standard InChI is InChI=1S/C23H18N4O4S/c1-26-15-24-25-23(26)32-21-12-11-19(13-20(21)27(29)30)22(28)31-14-16-7-9-18(10-8-16)17-5-3-2-4-6-17/h2-13,15H,14H2,1H3. The van der Waals surface area contributed by atoms with E-state index >= 15 is 0 Å². The Morgan fingerprint density at radius 2 is 1.78 bits per heavy atom. The predicted molar refractivity (Wildman–Crippen MR) is 119 cm³/mol. The van der Waals surface area contributed by atoms with E-state index in [0.29, 0.717) is 10.1 Å². The first-order chi connectivity index (χ1) is 15.5. The van der Waals surface area contributed by atoms with Crippen molar-refractivity contribution in [2.75, 3.05) is 0 Å². The predicted octanol–water partition coefficient (Wildman–Crippen LogP) is 4.90. The minimum Gasteiger partial charge on any atom is -0.457 e. The molecule has 0 N–H and O–H groups in total. The highest BCUT2D eigenvalue weighted by atomic mass is 32.2. The lowest BCUT2D eigenvalue weighted by Crippen LogP contribution is -2.06. The van der Waals surface area contributed by atoms with Crippen molar-refractivity contribution in [3.63, 3.8) is 0 Å². The third kappa shape index (κ3) is 4.84. The van der Waals surface area contributed by atoms with Gasteiger partial charge in [-0.3, -0.25) is 10.1 Å². The highest BCUT2D eigenvalue weighted by Crippen LogP contribution is 2.34. The fourth-order valence-corrected chi connectivity index (χ4v) is 3.84. The van der Waals surface area contributed by atoms with Crippen LogP contribution < -0.4 is 0 Å². The van der Waals surface area contributed by atoms with Crippen molar-refractivity contribution < 1.29 is 14.5 Å². The SMILES string of the molecule is Cn1cnnc1Sc1ccc(C(=O)OCc2ccc(-c3ccccc3)cc2)cc1[N+](=O)[O-]. The van der Waals surface area contributed by atoms with Crippen LogP contribution in [0.1, 0.15) is 15.9 Å². The van der Waals surface area contributed by atoms with E-state index in [1.807, 2.05) is 54.6 Å². The molecule has 0 atom stereocenters. The Morgan fingerprint density at radius 1 is 1.06 bits per heavy atom. The van der Waals surface area contributed by atoms with E-state index in [9.17, 15) is 14.9 Å². The molecule has 1 heterocycles. The number of nitro benzene ring substituents is 1. The van der Waals surface area contributed by atoms with Gasteiger partial charge in [0.2, 0.25) is 0 Å². The van der Waals surface area contributed by atoms with Crippen LogP contribution in [-0.2, 0) is 18.4 Å². The van der Waals surface area contributed by atoms with Crippen LogP contribution in [-0.4, -0.2) is 25.7 Å². The summed E-state index contributed by atoms with van der Waals surface area (Å²) in [4.78, 5) is 23.9. The summed E-state index contributed by atoms with van der Waals surface area (Å²) in [6, 6.07) is 21.9. The van der Waals surface area contributed by atoms with E-state index in [1.165, 1.54) is 24.5 Å². The van der Waals surface area contributed by atoms with Crippen LogP contribution >= 0.6 is 11.8 Å². The molecular formula is C23H18N4O4S. The van der Waals surface area contributed by atoms with Gasteiger partial charge in [-0.05, 0) is 40.6 Å². The number of benzene rings is 3. The maximum absolute atomic E-state index is 12.5. The van der Waals surface area contributed by atoms with E-state index in [4.69, 9.17) is 4.74 Å². The molecule has 0 aliphatic heterocycles. The van der Waals surface area contributed by atoms with Gasteiger partial charge < -0.3 is 9.30 Å². The van der Waals surface area contributed by atoms with Gasteiger partial charge in [0.1, 0.15) is 12.9 Å². The minimum absolute atomic E-state index is 0.0666. The van der Waals surface area contributed by atoms with Crippen molar-refractivity contribution in [1.82, 2.24) is 14.8 Å². The summed E-state index contributed by atoms with van der Waals surface area (Å²) in [5, 5.41) is 19.7. The number of aromatic nitrogens is 3. The van der Waals surface area contributed by atoms with E-state index < -0.39 is 10.9 Å². The Hall–Kier alpha value is -3.98. The summed E-state index contributed by atoms with van der Waals surface area (Å²) < 4.78 is 7.02. The van der Waals surface area contributed by atoms with Crippen LogP contribution in [0.3, 0.4) is 0 Å². The molecule has 3 aromatic carbocycles. The lowest BCUT2D eigenvalue weighted by atomic mass is 10.0. The van der Waals surface area contributed by atoms with Gasteiger partial charge >= 0.3 is 5.97 Å². The topological polar surface area (TPSA) is 100 Å². The molecule has 0 aliphatic carbocycles. The van der Waals surface area contributed by atoms with Gasteiger partial charge in [0.25, 0.3) is 5.69 Å². The van der Waals surface area contributed by atoms with Crippen LogP contribution in [0.15, 0.2) is 89.2 Å². The summed E-state index contributed by atoms with van der Waals surface area (Å²) in [5.74, 6) is -0.629. The Labute approximate surface area is 188 Å². The highest BCUT2D eigenvalue weighted by molar-refractivity contribution is 7.99. The Balaban J connectivity index is 1.44. The molecule has 0 radical (unpaired) electrons. The minimum atomic E-state index is -0.629. The molecule has 9 heteroatoms. The molecule has 0 bridgehead atoms. The van der Waals surface area contributed by atoms with Gasteiger partial charge in [-0.2, -0.15) is 0 Å². The van der Waals surface area contributed by atoms with Crippen LogP contribution in [0.5, 0.6) is 0 Å². The molecule has 0 amide bonds. The van der Waals surface area contributed by atoms with Gasteiger partial charge in [0.05, 0.1) is 15.4 Å². The average Bonchev–Trinajstić information content (AvgIpc) is 3.22. The number of aryl methyl sites for hydroxylation is 1. The number of nitrogens with zero attached hydrogens (tertiary/aromatic N) is 4. The molecule has 0 unspecified atom stereocenters. The zero-order chi connectivity index (χ0) is 22.5. The lowest BCUT2D eigenvalue weighted by molar-refractivity contribution is -0.387. The second kappa shape index (κ2) is 9.44. The quantitative estimate of drug-likeness (QED) is 0.226. The van der Waals surface area contributed by atoms with E-state index in [0.717, 1.165) is 28.5 Å². The van der Waals surface area contributed by atoms with Crippen molar-refractivity contribution >= 4 is 23.4 Å². The summed E-state index contributed by atoms with van der Waals surface area (Å²) >= 11 is 1.10. The molecule has 160 valence electrons.